The standard InChI is InChI=1S/C19H32O3Si/c1-13(2)23(14(3)4,15(5)6)22-12-17-9-16(7)10-18(11-17)19(20)21-8/h9-11,13-15H,12H2,1-8H3. The number of methoxy groups -OCH3 is 1. The van der Waals surface area contributed by atoms with Crippen LogP contribution >= 0.6 is 0 Å². The number of carbonyl (C=O) groups is 1. The van der Waals surface area contributed by atoms with E-state index in [1.165, 1.54) is 7.11 Å². The number of hydrogen-bond donors (Lipinski definition) is 0. The van der Waals surface area contributed by atoms with E-state index in [0.717, 1.165) is 11.1 Å². The van der Waals surface area contributed by atoms with E-state index in [-0.39, 0.29) is 5.97 Å². The number of benzene rings is 1. The van der Waals surface area contributed by atoms with E-state index >= 15 is 0 Å². The number of hydrogen-bond acceptors (Lipinski definition) is 3. The fraction of sp³-hybridized carbons (Fsp3) is 0.632. The van der Waals surface area contributed by atoms with E-state index in [2.05, 4.69) is 47.6 Å². The van der Waals surface area contributed by atoms with Crippen molar-refractivity contribution >= 4 is 14.3 Å². The quantitative estimate of drug-likeness (QED) is 0.489. The number of ether oxygens (including phenoxy) is 1. The molecule has 130 valence electrons. The fourth-order valence-electron chi connectivity index (χ4n) is 3.89. The minimum atomic E-state index is -1.90. The van der Waals surface area contributed by atoms with Crippen LogP contribution in [0, 0.1) is 6.92 Å². The lowest BCUT2D eigenvalue weighted by Crippen LogP contribution is -2.47. The van der Waals surface area contributed by atoms with E-state index < -0.39 is 8.32 Å². The summed E-state index contributed by atoms with van der Waals surface area (Å²) in [5.41, 5.74) is 4.34. The van der Waals surface area contributed by atoms with Crippen LogP contribution in [0.15, 0.2) is 18.2 Å². The first-order valence-electron chi connectivity index (χ1n) is 8.48. The normalized spacial score (nSPS) is 12.3. The number of esters is 1. The van der Waals surface area contributed by atoms with Gasteiger partial charge in [-0.2, -0.15) is 0 Å². The van der Waals surface area contributed by atoms with Crippen molar-refractivity contribution in [2.24, 2.45) is 0 Å². The topological polar surface area (TPSA) is 35.5 Å². The van der Waals surface area contributed by atoms with Crippen molar-refractivity contribution in [3.05, 3.63) is 34.9 Å². The van der Waals surface area contributed by atoms with Crippen molar-refractivity contribution in [2.75, 3.05) is 7.11 Å². The average Bonchev–Trinajstić information content (AvgIpc) is 2.45. The third-order valence-corrected chi connectivity index (χ3v) is 10.8. The molecule has 0 radical (unpaired) electrons. The molecule has 0 aliphatic rings. The van der Waals surface area contributed by atoms with Crippen LogP contribution in [0.4, 0.5) is 0 Å². The molecule has 0 spiro atoms. The van der Waals surface area contributed by atoms with Crippen molar-refractivity contribution in [2.45, 2.75) is 71.7 Å². The first kappa shape index (κ1) is 19.9. The van der Waals surface area contributed by atoms with Crippen LogP contribution in [0.5, 0.6) is 0 Å². The van der Waals surface area contributed by atoms with Gasteiger partial charge in [-0.05, 0) is 46.8 Å². The second-order valence-electron chi connectivity index (χ2n) is 7.31. The van der Waals surface area contributed by atoms with Crippen LogP contribution in [-0.4, -0.2) is 21.4 Å². The summed E-state index contributed by atoms with van der Waals surface area (Å²) in [6, 6.07) is 5.83. The van der Waals surface area contributed by atoms with Gasteiger partial charge in [0.05, 0.1) is 19.3 Å². The zero-order valence-corrected chi connectivity index (χ0v) is 16.9. The molecule has 0 amide bonds. The summed E-state index contributed by atoms with van der Waals surface area (Å²) >= 11 is 0. The fourth-order valence-corrected chi connectivity index (χ4v) is 9.31. The van der Waals surface area contributed by atoms with E-state index in [9.17, 15) is 4.79 Å². The number of aryl methyl sites for hydroxylation is 1. The summed E-state index contributed by atoms with van der Waals surface area (Å²) in [6.45, 7) is 16.2. The van der Waals surface area contributed by atoms with Gasteiger partial charge in [-0.1, -0.05) is 47.6 Å². The molecular weight excluding hydrogens is 304 g/mol. The predicted molar refractivity (Wildman–Crippen MR) is 98.4 cm³/mol. The molecule has 0 aliphatic heterocycles. The zero-order valence-electron chi connectivity index (χ0n) is 15.9. The van der Waals surface area contributed by atoms with Crippen molar-refractivity contribution < 1.29 is 14.0 Å². The summed E-state index contributed by atoms with van der Waals surface area (Å²) in [4.78, 5) is 11.8. The first-order chi connectivity index (χ1) is 10.6. The van der Waals surface area contributed by atoms with E-state index in [0.29, 0.717) is 28.8 Å². The molecule has 1 rings (SSSR count). The third-order valence-electron chi connectivity index (χ3n) is 4.75. The number of rotatable bonds is 7. The molecule has 23 heavy (non-hydrogen) atoms. The Bertz CT molecular complexity index is 514. The lowest BCUT2D eigenvalue weighted by molar-refractivity contribution is 0.0600. The summed E-state index contributed by atoms with van der Waals surface area (Å²) < 4.78 is 11.4. The van der Waals surface area contributed by atoms with Crippen LogP contribution in [0.25, 0.3) is 0 Å². The lowest BCUT2D eigenvalue weighted by atomic mass is 10.1. The maximum atomic E-state index is 11.8. The second kappa shape index (κ2) is 8.11. The molecule has 0 bridgehead atoms. The molecule has 0 fully saturated rings. The van der Waals surface area contributed by atoms with Gasteiger partial charge in [0.2, 0.25) is 8.32 Å². The highest BCUT2D eigenvalue weighted by Gasteiger charge is 2.44. The number of carbonyl (C=O) groups excluding carboxylic acids is 1. The Balaban J connectivity index is 3.07. The zero-order chi connectivity index (χ0) is 17.8. The molecule has 4 heteroatoms. The highest BCUT2D eigenvalue weighted by atomic mass is 28.4. The van der Waals surface area contributed by atoms with E-state index in [4.69, 9.17) is 9.16 Å². The Hall–Kier alpha value is -1.13. The molecule has 0 saturated carbocycles. The van der Waals surface area contributed by atoms with Crippen molar-refractivity contribution in [1.82, 2.24) is 0 Å². The molecule has 0 aliphatic carbocycles. The molecule has 0 saturated heterocycles. The monoisotopic (exact) mass is 336 g/mol. The summed E-state index contributed by atoms with van der Waals surface area (Å²) in [5, 5.41) is 0. The van der Waals surface area contributed by atoms with Crippen LogP contribution in [0.1, 0.15) is 63.0 Å². The Labute approximate surface area is 142 Å². The van der Waals surface area contributed by atoms with Gasteiger partial charge in [0.1, 0.15) is 0 Å². The van der Waals surface area contributed by atoms with Gasteiger partial charge in [0.15, 0.2) is 0 Å². The minimum absolute atomic E-state index is 0.296. The molecule has 0 aromatic heterocycles. The lowest BCUT2D eigenvalue weighted by Gasteiger charge is -2.42. The summed E-state index contributed by atoms with van der Waals surface area (Å²) in [6.07, 6.45) is 0. The first-order valence-corrected chi connectivity index (χ1v) is 10.6. The molecular formula is C19H32O3Si. The smallest absolute Gasteiger partial charge is 0.337 e. The minimum Gasteiger partial charge on any atom is -0.465 e. The van der Waals surface area contributed by atoms with Crippen molar-refractivity contribution in [1.29, 1.82) is 0 Å². The molecule has 0 heterocycles. The van der Waals surface area contributed by atoms with Gasteiger partial charge in [0.25, 0.3) is 0 Å². The summed E-state index contributed by atoms with van der Waals surface area (Å²) in [7, 11) is -0.485. The average molecular weight is 337 g/mol. The molecule has 0 atom stereocenters. The Kier molecular flexibility index (Phi) is 7.02. The van der Waals surface area contributed by atoms with Crippen molar-refractivity contribution in [3.63, 3.8) is 0 Å². The van der Waals surface area contributed by atoms with Gasteiger partial charge < -0.3 is 9.16 Å². The van der Waals surface area contributed by atoms with Crippen LogP contribution < -0.4 is 0 Å². The molecule has 0 N–H and O–H groups in total. The second-order valence-corrected chi connectivity index (χ2v) is 12.8. The van der Waals surface area contributed by atoms with Gasteiger partial charge in [-0.15, -0.1) is 0 Å². The van der Waals surface area contributed by atoms with Crippen LogP contribution in [0.2, 0.25) is 16.6 Å². The highest BCUT2D eigenvalue weighted by molar-refractivity contribution is 6.77. The third kappa shape index (κ3) is 4.45. The maximum absolute atomic E-state index is 11.8. The predicted octanol–water partition coefficient (Wildman–Crippen LogP) is 5.47. The summed E-state index contributed by atoms with van der Waals surface area (Å²) in [5.74, 6) is -0.296. The Morgan fingerprint density at radius 3 is 1.96 bits per heavy atom. The molecule has 0 unspecified atom stereocenters. The van der Waals surface area contributed by atoms with Gasteiger partial charge in [0, 0.05) is 0 Å². The van der Waals surface area contributed by atoms with E-state index in [1.54, 1.807) is 0 Å². The highest BCUT2D eigenvalue weighted by Crippen LogP contribution is 2.42. The molecule has 1 aromatic carbocycles. The van der Waals surface area contributed by atoms with Gasteiger partial charge in [-0.3, -0.25) is 0 Å². The van der Waals surface area contributed by atoms with Crippen LogP contribution in [-0.2, 0) is 15.8 Å². The Morgan fingerprint density at radius 2 is 1.52 bits per heavy atom. The molecule has 1 aromatic rings. The van der Waals surface area contributed by atoms with Crippen molar-refractivity contribution in [3.8, 4) is 0 Å². The maximum Gasteiger partial charge on any atom is 0.337 e. The van der Waals surface area contributed by atoms with Gasteiger partial charge in [-0.25, -0.2) is 4.79 Å². The largest absolute Gasteiger partial charge is 0.465 e. The Morgan fingerprint density at radius 1 is 1.00 bits per heavy atom. The van der Waals surface area contributed by atoms with Crippen LogP contribution in [0.3, 0.4) is 0 Å². The molecule has 3 nitrogen and oxygen atoms in total. The van der Waals surface area contributed by atoms with Gasteiger partial charge >= 0.3 is 5.97 Å². The van der Waals surface area contributed by atoms with E-state index in [1.807, 2.05) is 19.1 Å². The SMILES string of the molecule is COC(=O)c1cc(C)cc(CO[Si](C(C)C)(C(C)C)C(C)C)c1.